The lowest BCUT2D eigenvalue weighted by Gasteiger charge is -1.64. The van der Waals surface area contributed by atoms with Crippen LogP contribution in [0.25, 0.3) is 5.73 Å². The Bertz CT molecular complexity index is 58.7. The molecule has 0 atom stereocenters. The summed E-state index contributed by atoms with van der Waals surface area (Å²) in [6.45, 7) is 2.65. The lowest BCUT2D eigenvalue weighted by atomic mass is 11.3. The molecule has 0 radical (unpaired) electrons. The van der Waals surface area contributed by atoms with Crippen LogP contribution in [-0.4, -0.2) is 12.9 Å². The number of nitrogens with one attached hydrogen (secondary N) is 1. The van der Waals surface area contributed by atoms with Gasteiger partial charge in [0.15, 0.2) is 6.79 Å². The summed E-state index contributed by atoms with van der Waals surface area (Å²) in [5.41, 5.74) is 5.90. The van der Waals surface area contributed by atoms with Gasteiger partial charge in [-0.25, -0.2) is 0 Å². The number of rotatable bonds is 0. The van der Waals surface area contributed by atoms with E-state index < -0.39 is 6.09 Å². The Morgan fingerprint density at radius 3 is 2.20 bits per heavy atom. The van der Waals surface area contributed by atoms with Crippen LogP contribution in [-0.2, 0) is 4.42 Å². The van der Waals surface area contributed by atoms with Crippen LogP contribution in [0.3, 0.4) is 0 Å². The SMILES string of the molecule is C=[O+]C([NH-])=O. The molecule has 0 unspecified atom stereocenters. The fraction of sp³-hybridized carbons (Fsp3) is 0. The van der Waals surface area contributed by atoms with E-state index in [-0.39, 0.29) is 0 Å². The van der Waals surface area contributed by atoms with Gasteiger partial charge < -0.3 is 10.2 Å². The lowest BCUT2D eigenvalue weighted by Crippen LogP contribution is -1.77. The van der Waals surface area contributed by atoms with Crippen molar-refractivity contribution in [3.8, 4) is 0 Å². The molecule has 0 aromatic heterocycles. The molecule has 0 aliphatic heterocycles. The van der Waals surface area contributed by atoms with Crippen LogP contribution < -0.4 is 0 Å². The van der Waals surface area contributed by atoms with Crippen molar-refractivity contribution >= 4 is 12.9 Å². The van der Waals surface area contributed by atoms with Crippen LogP contribution in [0.15, 0.2) is 0 Å². The molecule has 0 aromatic rings. The summed E-state index contributed by atoms with van der Waals surface area (Å²) < 4.78 is 3.53. The van der Waals surface area contributed by atoms with Crippen LogP contribution in [0.2, 0.25) is 0 Å². The second kappa shape index (κ2) is 1.46. The normalized spacial score (nSPS) is 6.40. The zero-order chi connectivity index (χ0) is 4.28. The molecule has 0 aliphatic rings. The van der Waals surface area contributed by atoms with Crippen LogP contribution >= 0.6 is 0 Å². The molecule has 0 fully saturated rings. The van der Waals surface area contributed by atoms with Crippen molar-refractivity contribution in [2.24, 2.45) is 0 Å². The van der Waals surface area contributed by atoms with Gasteiger partial charge >= 0.3 is 6.09 Å². The quantitative estimate of drug-likeness (QED) is 0.385. The van der Waals surface area contributed by atoms with Gasteiger partial charge in [0, 0.05) is 4.79 Å². The van der Waals surface area contributed by atoms with E-state index >= 15 is 0 Å². The Morgan fingerprint density at radius 2 is 2.20 bits per heavy atom. The summed E-state index contributed by atoms with van der Waals surface area (Å²) in [6, 6.07) is 0. The molecule has 3 nitrogen and oxygen atoms in total. The first-order chi connectivity index (χ1) is 2.27. The van der Waals surface area contributed by atoms with Gasteiger partial charge in [0.25, 0.3) is 0 Å². The van der Waals surface area contributed by atoms with Gasteiger partial charge in [0.1, 0.15) is 0 Å². The van der Waals surface area contributed by atoms with Crippen molar-refractivity contribution in [1.82, 2.24) is 0 Å². The van der Waals surface area contributed by atoms with Gasteiger partial charge in [0.05, 0.1) is 0 Å². The van der Waals surface area contributed by atoms with Crippen molar-refractivity contribution in [3.05, 3.63) is 5.73 Å². The molecule has 5 heavy (non-hydrogen) atoms. The van der Waals surface area contributed by atoms with E-state index in [1.54, 1.807) is 0 Å². The fourth-order valence-electron chi connectivity index (χ4n) is 0. The molecule has 0 heterocycles. The summed E-state index contributed by atoms with van der Waals surface area (Å²) >= 11 is 0. The molecular weight excluding hydrogens is 70.0 g/mol. The molecule has 3 heteroatoms. The van der Waals surface area contributed by atoms with E-state index in [9.17, 15) is 4.79 Å². The Kier molecular flexibility index (Phi) is 1.21. The highest BCUT2D eigenvalue weighted by molar-refractivity contribution is 5.72. The zero-order valence-electron chi connectivity index (χ0n) is 2.52. The van der Waals surface area contributed by atoms with Crippen molar-refractivity contribution in [3.63, 3.8) is 0 Å². The molecule has 0 saturated heterocycles. The minimum Gasteiger partial charge on any atom is -0.570 e. The minimum absolute atomic E-state index is 1.11. The number of carbonyl (C=O) groups is 1. The molecule has 0 saturated carbocycles. The monoisotopic (exact) mass is 73.0 g/mol. The highest BCUT2D eigenvalue weighted by Crippen LogP contribution is 1.60. The molecule has 0 bridgehead atoms. The average molecular weight is 73.1 g/mol. The Hall–Kier alpha value is -0.860. The Balaban J connectivity index is 3.20. The summed E-state index contributed by atoms with van der Waals surface area (Å²) in [6.07, 6.45) is -1.11. The maximum atomic E-state index is 9.19. The van der Waals surface area contributed by atoms with E-state index in [1.165, 1.54) is 0 Å². The van der Waals surface area contributed by atoms with E-state index in [2.05, 4.69) is 11.2 Å². The Morgan fingerprint density at radius 1 is 2.00 bits per heavy atom. The van der Waals surface area contributed by atoms with E-state index in [4.69, 9.17) is 5.73 Å². The predicted molar refractivity (Wildman–Crippen MR) is 16.8 cm³/mol. The van der Waals surface area contributed by atoms with Crippen molar-refractivity contribution in [1.29, 1.82) is 0 Å². The largest absolute Gasteiger partial charge is 0.570 e. The topological polar surface area (TPSA) is 52.2 Å². The fourth-order valence-corrected chi connectivity index (χ4v) is 0. The van der Waals surface area contributed by atoms with Gasteiger partial charge in [-0.05, 0) is 0 Å². The molecule has 0 aliphatic carbocycles. The second-order valence-electron chi connectivity index (χ2n) is 0.432. The van der Waals surface area contributed by atoms with Gasteiger partial charge in [-0.3, -0.25) is 0 Å². The second-order valence-corrected chi connectivity index (χ2v) is 0.432. The average Bonchev–Trinajstić information content (AvgIpc) is 1.38. The number of carbonyl (C=O) groups excluding carboxylic acids is 2. The molecule has 0 spiro atoms. The summed E-state index contributed by atoms with van der Waals surface area (Å²) in [4.78, 5) is 9.19. The molecule has 0 rings (SSSR count). The van der Waals surface area contributed by atoms with Gasteiger partial charge in [0.2, 0.25) is 0 Å². The molecule has 0 aromatic carbocycles. The highest BCUT2D eigenvalue weighted by Gasteiger charge is 1.79. The number of hydrogen-bond donors (Lipinski definition) is 0. The summed E-state index contributed by atoms with van der Waals surface area (Å²) in [5, 5.41) is 0. The van der Waals surface area contributed by atoms with Crippen LogP contribution in [0.1, 0.15) is 0 Å². The zero-order valence-corrected chi connectivity index (χ0v) is 2.52. The van der Waals surface area contributed by atoms with Crippen molar-refractivity contribution in [2.75, 3.05) is 0 Å². The molecule has 28 valence electrons. The molecule has 1 amide bonds. The number of hydrogen-bond acceptors (Lipinski definition) is 1. The van der Waals surface area contributed by atoms with Crippen molar-refractivity contribution in [2.45, 2.75) is 0 Å². The van der Waals surface area contributed by atoms with Crippen LogP contribution in [0.5, 0.6) is 0 Å². The smallest absolute Gasteiger partial charge is 0.519 e. The third-order valence-electron chi connectivity index (χ3n) is 0.131. The first-order valence-electron chi connectivity index (χ1n) is 0.947. The number of amides is 1. The Labute approximate surface area is 29.1 Å². The molecule has 1 N–H and O–H groups in total. The third-order valence-corrected chi connectivity index (χ3v) is 0.131. The maximum absolute atomic E-state index is 9.19. The van der Waals surface area contributed by atoms with E-state index in [1.807, 2.05) is 0 Å². The minimum atomic E-state index is -1.11. The standard InChI is InChI=1S/C2H3NO2/c1-5-2(3)4/h1H2,(H-,3,4). The molecular formula is C2H3NO2. The van der Waals surface area contributed by atoms with Crippen LogP contribution in [0, 0.1) is 0 Å². The third kappa shape index (κ3) is 3.14. The first kappa shape index (κ1) is 4.14. The van der Waals surface area contributed by atoms with E-state index in [0.29, 0.717) is 0 Å². The highest BCUT2D eigenvalue weighted by atomic mass is 16.5. The summed E-state index contributed by atoms with van der Waals surface area (Å²) in [5.74, 6) is 0. The van der Waals surface area contributed by atoms with Gasteiger partial charge in [-0.15, -0.1) is 0 Å². The van der Waals surface area contributed by atoms with E-state index in [0.717, 1.165) is 0 Å². The van der Waals surface area contributed by atoms with Gasteiger partial charge in [-0.2, -0.15) is 0 Å². The van der Waals surface area contributed by atoms with Crippen LogP contribution in [0.4, 0.5) is 4.79 Å². The lowest BCUT2D eigenvalue weighted by molar-refractivity contribution is -0.323. The summed E-state index contributed by atoms with van der Waals surface area (Å²) in [7, 11) is 0. The first-order valence-corrected chi connectivity index (χ1v) is 0.947. The van der Waals surface area contributed by atoms with Gasteiger partial charge in [-0.1, -0.05) is 0 Å². The van der Waals surface area contributed by atoms with Crippen molar-refractivity contribution < 1.29 is 9.22 Å². The predicted octanol–water partition coefficient (Wildman–Crippen LogP) is 0.523. The maximum Gasteiger partial charge on any atom is 0.519 e.